The Morgan fingerprint density at radius 1 is 1.02 bits per heavy atom. The van der Waals surface area contributed by atoms with E-state index >= 15 is 0 Å². The van der Waals surface area contributed by atoms with Gasteiger partial charge in [-0.1, -0.05) is 59.8 Å². The van der Waals surface area contributed by atoms with Gasteiger partial charge in [-0.3, -0.25) is 9.59 Å². The van der Waals surface area contributed by atoms with Crippen LogP contribution in [-0.2, 0) is 25.5 Å². The van der Waals surface area contributed by atoms with Crippen molar-refractivity contribution >= 4 is 40.5 Å². The van der Waals surface area contributed by atoms with Gasteiger partial charge in [-0.05, 0) is 65.1 Å². The fourth-order valence-corrected chi connectivity index (χ4v) is 4.38. The molecule has 0 aliphatic carbocycles. The zero-order valence-corrected chi connectivity index (χ0v) is 23.0. The van der Waals surface area contributed by atoms with Crippen molar-refractivity contribution in [2.45, 2.75) is 44.8 Å². The minimum Gasteiger partial charge on any atom is -0.428 e. The number of hydrogen-bond donors (Lipinski definition) is 3. The SMILES string of the molecule is CCCC(=O)OCOC(=O)C(O)CC(Cc1ccc(-c2cccc(Cl)c2)cc1)NC(=O)c1ccc2nnn(O)c2c1. The van der Waals surface area contributed by atoms with Crippen LogP contribution in [0.2, 0.25) is 5.02 Å². The van der Waals surface area contributed by atoms with Crippen molar-refractivity contribution in [2.24, 2.45) is 0 Å². The molecule has 0 aliphatic heterocycles. The molecule has 3 N–H and O–H groups in total. The third-order valence-electron chi connectivity index (χ3n) is 6.27. The van der Waals surface area contributed by atoms with Gasteiger partial charge < -0.3 is 25.1 Å². The van der Waals surface area contributed by atoms with E-state index < -0.39 is 36.8 Å². The number of benzene rings is 3. The van der Waals surface area contributed by atoms with E-state index in [2.05, 4.69) is 15.6 Å². The Kier molecular flexibility index (Phi) is 9.88. The van der Waals surface area contributed by atoms with Crippen LogP contribution < -0.4 is 5.32 Å². The van der Waals surface area contributed by atoms with Crippen molar-refractivity contribution in [1.82, 2.24) is 20.5 Å². The molecule has 41 heavy (non-hydrogen) atoms. The average Bonchev–Trinajstić information content (AvgIpc) is 3.33. The first-order chi connectivity index (χ1) is 19.7. The van der Waals surface area contributed by atoms with Gasteiger partial charge in [-0.2, -0.15) is 0 Å². The van der Waals surface area contributed by atoms with E-state index in [4.69, 9.17) is 21.1 Å². The second-order valence-corrected chi connectivity index (χ2v) is 9.80. The van der Waals surface area contributed by atoms with E-state index in [1.807, 2.05) is 49.4 Å². The molecule has 2 unspecified atom stereocenters. The second-order valence-electron chi connectivity index (χ2n) is 9.36. The monoisotopic (exact) mass is 580 g/mol. The highest BCUT2D eigenvalue weighted by molar-refractivity contribution is 6.30. The Balaban J connectivity index is 1.47. The Morgan fingerprint density at radius 2 is 1.80 bits per heavy atom. The largest absolute Gasteiger partial charge is 0.428 e. The van der Waals surface area contributed by atoms with Crippen LogP contribution in [0.15, 0.2) is 66.7 Å². The Hall–Kier alpha value is -4.48. The number of rotatable bonds is 12. The van der Waals surface area contributed by atoms with E-state index in [0.717, 1.165) is 16.7 Å². The molecule has 0 bridgehead atoms. The zero-order chi connectivity index (χ0) is 29.4. The summed E-state index contributed by atoms with van der Waals surface area (Å²) in [6, 6.07) is 18.8. The summed E-state index contributed by atoms with van der Waals surface area (Å²) in [6.45, 7) is 1.20. The molecule has 1 aromatic heterocycles. The molecule has 2 atom stereocenters. The normalized spacial score (nSPS) is 12.5. The summed E-state index contributed by atoms with van der Waals surface area (Å²) in [5.41, 5.74) is 3.59. The highest BCUT2D eigenvalue weighted by Gasteiger charge is 2.25. The maximum absolute atomic E-state index is 13.1. The van der Waals surface area contributed by atoms with E-state index in [9.17, 15) is 24.7 Å². The summed E-state index contributed by atoms with van der Waals surface area (Å²) in [5.74, 6) is -2.00. The van der Waals surface area contributed by atoms with Gasteiger partial charge >= 0.3 is 11.9 Å². The highest BCUT2D eigenvalue weighted by atomic mass is 35.5. The maximum Gasteiger partial charge on any atom is 0.337 e. The predicted molar refractivity (Wildman–Crippen MR) is 149 cm³/mol. The molecule has 0 radical (unpaired) electrons. The number of aliphatic hydroxyl groups is 1. The number of aliphatic hydroxyl groups excluding tert-OH is 1. The smallest absolute Gasteiger partial charge is 0.337 e. The lowest BCUT2D eigenvalue weighted by Gasteiger charge is -2.21. The van der Waals surface area contributed by atoms with Gasteiger partial charge in [0, 0.05) is 29.5 Å². The lowest BCUT2D eigenvalue weighted by Crippen LogP contribution is -2.41. The molecule has 0 fully saturated rings. The summed E-state index contributed by atoms with van der Waals surface area (Å²) in [7, 11) is 0. The Labute approximate surface area is 240 Å². The van der Waals surface area contributed by atoms with E-state index in [-0.39, 0.29) is 30.3 Å². The van der Waals surface area contributed by atoms with Gasteiger partial charge in [-0.25, -0.2) is 4.79 Å². The molecule has 4 aromatic rings. The molecule has 0 saturated heterocycles. The molecular weight excluding hydrogens is 552 g/mol. The van der Waals surface area contributed by atoms with Crippen LogP contribution in [0.5, 0.6) is 0 Å². The van der Waals surface area contributed by atoms with Crippen LogP contribution in [0.25, 0.3) is 22.2 Å². The van der Waals surface area contributed by atoms with Crippen LogP contribution in [0.3, 0.4) is 0 Å². The van der Waals surface area contributed by atoms with Crippen LogP contribution in [0.1, 0.15) is 42.1 Å². The fourth-order valence-electron chi connectivity index (χ4n) is 4.19. The third-order valence-corrected chi connectivity index (χ3v) is 6.51. The van der Waals surface area contributed by atoms with Crippen molar-refractivity contribution < 1.29 is 34.2 Å². The van der Waals surface area contributed by atoms with Gasteiger partial charge in [0.1, 0.15) is 11.0 Å². The molecule has 4 rings (SSSR count). The van der Waals surface area contributed by atoms with Crippen LogP contribution in [0, 0.1) is 0 Å². The van der Waals surface area contributed by atoms with Crippen molar-refractivity contribution in [1.29, 1.82) is 0 Å². The highest BCUT2D eigenvalue weighted by Crippen LogP contribution is 2.24. The summed E-state index contributed by atoms with van der Waals surface area (Å²) in [4.78, 5) is 37.6. The quantitative estimate of drug-likeness (QED) is 0.128. The number of esters is 2. The molecule has 0 aliphatic rings. The number of fused-ring (bicyclic) bond motifs is 1. The first-order valence-corrected chi connectivity index (χ1v) is 13.3. The molecule has 12 heteroatoms. The van der Waals surface area contributed by atoms with E-state index in [1.165, 1.54) is 12.1 Å². The van der Waals surface area contributed by atoms with Gasteiger partial charge in [0.2, 0.25) is 6.79 Å². The zero-order valence-electron chi connectivity index (χ0n) is 22.2. The molecule has 0 saturated carbocycles. The fraction of sp³-hybridized carbons (Fsp3) is 0.276. The first kappa shape index (κ1) is 29.5. The number of nitrogens with one attached hydrogen (secondary N) is 1. The number of halogens is 1. The standard InChI is InChI=1S/C29H29ClN4O7/c1-2-4-27(36)40-17-41-29(38)26(35)16-23(31-28(37)21-11-12-24-25(15-21)34(39)33-32-24)13-18-7-9-19(10-8-18)20-5-3-6-22(30)14-20/h3,5-12,14-15,23,26,35,39H,2,4,13,16-17H2,1H3,(H,31,37). The molecule has 3 aromatic carbocycles. The van der Waals surface area contributed by atoms with Gasteiger partial charge in [0.15, 0.2) is 6.10 Å². The van der Waals surface area contributed by atoms with Crippen LogP contribution in [0.4, 0.5) is 0 Å². The van der Waals surface area contributed by atoms with Crippen molar-refractivity contribution in [3.63, 3.8) is 0 Å². The lowest BCUT2D eigenvalue weighted by atomic mass is 9.97. The number of ether oxygens (including phenoxy) is 2. The number of nitrogens with zero attached hydrogens (tertiary/aromatic N) is 3. The summed E-state index contributed by atoms with van der Waals surface area (Å²) < 4.78 is 9.70. The topological polar surface area (TPSA) is 153 Å². The molecular formula is C29H29ClN4O7. The van der Waals surface area contributed by atoms with Crippen molar-refractivity contribution in [2.75, 3.05) is 6.79 Å². The average molecular weight is 581 g/mol. The van der Waals surface area contributed by atoms with Gasteiger partial charge in [0.25, 0.3) is 5.91 Å². The summed E-state index contributed by atoms with van der Waals surface area (Å²) >= 11 is 6.11. The number of amides is 1. The van der Waals surface area contributed by atoms with Crippen LogP contribution >= 0.6 is 11.6 Å². The molecule has 0 spiro atoms. The number of carbonyl (C=O) groups excluding carboxylic acids is 3. The summed E-state index contributed by atoms with van der Waals surface area (Å²) in [5, 5.41) is 31.1. The van der Waals surface area contributed by atoms with Gasteiger partial charge in [0.05, 0.1) is 0 Å². The molecule has 1 heterocycles. The Morgan fingerprint density at radius 3 is 2.54 bits per heavy atom. The summed E-state index contributed by atoms with van der Waals surface area (Å²) in [6.07, 6.45) is -0.726. The van der Waals surface area contributed by atoms with Crippen molar-refractivity contribution in [3.8, 4) is 11.1 Å². The van der Waals surface area contributed by atoms with Crippen LogP contribution in [-0.4, -0.2) is 62.3 Å². The molecule has 1 amide bonds. The first-order valence-electron chi connectivity index (χ1n) is 12.9. The third kappa shape index (κ3) is 8.03. The van der Waals surface area contributed by atoms with Crippen molar-refractivity contribution in [3.05, 3.63) is 82.9 Å². The molecule has 11 nitrogen and oxygen atoms in total. The second kappa shape index (κ2) is 13.7. The number of aromatic nitrogens is 3. The minimum absolute atomic E-state index is 0.175. The number of hydrogen-bond acceptors (Lipinski definition) is 9. The van der Waals surface area contributed by atoms with E-state index in [1.54, 1.807) is 12.1 Å². The maximum atomic E-state index is 13.1. The Bertz CT molecular complexity index is 1520. The minimum atomic E-state index is -1.60. The number of carbonyl (C=O) groups is 3. The molecule has 214 valence electrons. The predicted octanol–water partition coefficient (Wildman–Crippen LogP) is 3.93. The van der Waals surface area contributed by atoms with Gasteiger partial charge in [-0.15, -0.1) is 5.10 Å². The lowest BCUT2D eigenvalue weighted by molar-refractivity contribution is -0.173. The van der Waals surface area contributed by atoms with E-state index in [0.29, 0.717) is 21.8 Å².